The summed E-state index contributed by atoms with van der Waals surface area (Å²) in [5.41, 5.74) is 2.10. The molecule has 0 saturated heterocycles. The van der Waals surface area contributed by atoms with E-state index in [1.54, 1.807) is 12.1 Å². The predicted molar refractivity (Wildman–Crippen MR) is 96.5 cm³/mol. The van der Waals surface area contributed by atoms with Gasteiger partial charge in [0.2, 0.25) is 0 Å². The van der Waals surface area contributed by atoms with E-state index in [0.29, 0.717) is 23.5 Å². The molecule has 0 bridgehead atoms. The Hall–Kier alpha value is -2.80. The zero-order chi connectivity index (χ0) is 18.0. The van der Waals surface area contributed by atoms with Crippen LogP contribution in [0.2, 0.25) is 0 Å². The van der Waals surface area contributed by atoms with E-state index in [9.17, 15) is 15.0 Å². The quantitative estimate of drug-likeness (QED) is 0.372. The summed E-state index contributed by atoms with van der Waals surface area (Å²) in [7, 11) is 4.01. The smallest absolute Gasteiger partial charge is 0.285 e. The maximum Gasteiger partial charge on any atom is 0.285 e. The number of nitro groups is 1. The molecule has 2 aliphatic rings. The van der Waals surface area contributed by atoms with Gasteiger partial charge in [-0.15, -0.1) is 0 Å². The van der Waals surface area contributed by atoms with Crippen LogP contribution in [0.1, 0.15) is 12.0 Å². The zero-order valence-corrected chi connectivity index (χ0v) is 14.3. The average molecular weight is 341 g/mol. The molecule has 1 N–H and O–H groups in total. The number of nitro benzene ring substituents is 1. The molecule has 0 amide bonds. The van der Waals surface area contributed by atoms with E-state index in [-0.39, 0.29) is 5.69 Å². The summed E-state index contributed by atoms with van der Waals surface area (Å²) < 4.78 is 0.850. The Morgan fingerprint density at radius 2 is 2.12 bits per heavy atom. The van der Waals surface area contributed by atoms with Gasteiger partial charge < -0.3 is 10.2 Å². The van der Waals surface area contributed by atoms with Crippen LogP contribution in [0.25, 0.3) is 5.70 Å². The van der Waals surface area contributed by atoms with Crippen LogP contribution in [0.15, 0.2) is 48.1 Å². The summed E-state index contributed by atoms with van der Waals surface area (Å²) in [4.78, 5) is 25.9. The van der Waals surface area contributed by atoms with Crippen molar-refractivity contribution in [2.75, 3.05) is 27.2 Å². The largest absolute Gasteiger partial charge is 0.384 e. The summed E-state index contributed by atoms with van der Waals surface area (Å²) >= 11 is 0. The van der Waals surface area contributed by atoms with E-state index in [4.69, 9.17) is 0 Å². The zero-order valence-electron chi connectivity index (χ0n) is 14.3. The van der Waals surface area contributed by atoms with E-state index >= 15 is 0 Å². The lowest BCUT2D eigenvalue weighted by atomic mass is 9.90. The molecule has 1 aromatic rings. The summed E-state index contributed by atoms with van der Waals surface area (Å²) in [6, 6.07) is 4.17. The topological polar surface area (TPSA) is 78.5 Å². The van der Waals surface area contributed by atoms with Gasteiger partial charge in [-0.2, -0.15) is 0 Å². The lowest BCUT2D eigenvalue weighted by Crippen LogP contribution is -2.31. The van der Waals surface area contributed by atoms with Crippen molar-refractivity contribution in [2.45, 2.75) is 12.5 Å². The van der Waals surface area contributed by atoms with Gasteiger partial charge in [0, 0.05) is 28.3 Å². The molecule has 0 radical (unpaired) electrons. The Balaban J connectivity index is 2.05. The van der Waals surface area contributed by atoms with Crippen molar-refractivity contribution in [1.82, 2.24) is 10.2 Å². The maximum atomic E-state index is 12.7. The third-order valence-corrected chi connectivity index (χ3v) is 4.33. The van der Waals surface area contributed by atoms with E-state index in [2.05, 4.69) is 10.2 Å². The van der Waals surface area contributed by atoms with Crippen molar-refractivity contribution >= 4 is 17.1 Å². The maximum absolute atomic E-state index is 12.7. The van der Waals surface area contributed by atoms with Gasteiger partial charge in [0.05, 0.1) is 16.2 Å². The summed E-state index contributed by atoms with van der Waals surface area (Å²) in [5.74, 6) is 0. The van der Waals surface area contributed by atoms with Crippen LogP contribution in [0.3, 0.4) is 0 Å². The third kappa shape index (κ3) is 3.23. The predicted octanol–water partition coefficient (Wildman–Crippen LogP) is 2.77. The molecule has 1 aliphatic carbocycles. The van der Waals surface area contributed by atoms with Crippen molar-refractivity contribution in [3.8, 4) is 0 Å². The molecule has 1 aromatic carbocycles. The number of hydrogen-bond acceptors (Lipinski definition) is 5. The first-order valence-corrected chi connectivity index (χ1v) is 8.22. The van der Waals surface area contributed by atoms with Gasteiger partial charge in [0.15, 0.2) is 5.56 Å². The minimum Gasteiger partial charge on any atom is -0.384 e. The number of benzene rings is 1. The Labute approximate surface area is 146 Å². The Morgan fingerprint density at radius 3 is 2.84 bits per heavy atom. The van der Waals surface area contributed by atoms with Gasteiger partial charge in [-0.1, -0.05) is 12.2 Å². The molecule has 0 aromatic heterocycles. The van der Waals surface area contributed by atoms with Gasteiger partial charge in [-0.25, -0.2) is 0 Å². The molecule has 130 valence electrons. The molecule has 1 aliphatic heterocycles. The second kappa shape index (κ2) is 6.98. The first-order chi connectivity index (χ1) is 12.0. The Kier molecular flexibility index (Phi) is 4.76. The lowest BCUT2D eigenvalue weighted by Gasteiger charge is -2.23. The van der Waals surface area contributed by atoms with E-state index < -0.39 is 11.0 Å². The Bertz CT molecular complexity index is 809. The van der Waals surface area contributed by atoms with Crippen molar-refractivity contribution in [2.24, 2.45) is 0 Å². The van der Waals surface area contributed by atoms with Gasteiger partial charge >= 0.3 is 0 Å². The standard InChI is InChI=1S/C18H21N4O3/c1-20(2)12-6-11-19-18-13-7-3-4-8-14(13)21(23)15-9-5-10-16(17(15)18)22(24)25/h3-5,7-10,14,19H,6,11-12H2,1-2H3/q+1. The highest BCUT2D eigenvalue weighted by molar-refractivity contribution is 5.84. The molecule has 0 saturated carbocycles. The first-order valence-electron chi connectivity index (χ1n) is 8.22. The molecule has 3 rings (SSSR count). The highest BCUT2D eigenvalue weighted by atomic mass is 16.6. The molecule has 1 atom stereocenters. The molecule has 0 fully saturated rings. The molecule has 25 heavy (non-hydrogen) atoms. The van der Waals surface area contributed by atoms with Crippen LogP contribution in [0, 0.1) is 15.0 Å². The van der Waals surface area contributed by atoms with Crippen molar-refractivity contribution in [3.05, 3.63) is 68.7 Å². The summed E-state index contributed by atoms with van der Waals surface area (Å²) in [6.45, 7) is 1.58. The number of allylic oxidation sites excluding steroid dienone is 2. The monoisotopic (exact) mass is 341 g/mol. The minimum absolute atomic E-state index is 0.0534. The van der Waals surface area contributed by atoms with Crippen molar-refractivity contribution < 1.29 is 9.68 Å². The number of rotatable bonds is 6. The SMILES string of the molecule is CN(C)CCCNC1=C2C=CC=CC2[N+](=O)c2cccc([N+](=O)[O-])c21. The van der Waals surface area contributed by atoms with Crippen molar-refractivity contribution in [3.63, 3.8) is 0 Å². The van der Waals surface area contributed by atoms with Crippen LogP contribution in [-0.2, 0) is 0 Å². The molecule has 1 heterocycles. The number of fused-ring (bicyclic) bond motifs is 2. The van der Waals surface area contributed by atoms with Gasteiger partial charge in [0.1, 0.15) is 0 Å². The number of nitrogens with one attached hydrogen (secondary N) is 1. The van der Waals surface area contributed by atoms with Crippen molar-refractivity contribution in [1.29, 1.82) is 0 Å². The fourth-order valence-corrected chi connectivity index (χ4v) is 3.18. The van der Waals surface area contributed by atoms with Crippen LogP contribution in [0.5, 0.6) is 0 Å². The molecular weight excluding hydrogens is 320 g/mol. The van der Waals surface area contributed by atoms with Crippen LogP contribution < -0.4 is 5.32 Å². The molecular formula is C18H21N4O3+. The van der Waals surface area contributed by atoms with Crippen LogP contribution in [-0.4, -0.2) is 47.8 Å². The number of nitroso groups, excluding NO2 is 1. The van der Waals surface area contributed by atoms with Crippen LogP contribution in [0.4, 0.5) is 11.4 Å². The van der Waals surface area contributed by atoms with E-state index in [1.165, 1.54) is 6.07 Å². The van der Waals surface area contributed by atoms with E-state index in [1.807, 2.05) is 38.4 Å². The second-order valence-electron chi connectivity index (χ2n) is 6.36. The number of hydrogen-bond donors (Lipinski definition) is 1. The minimum atomic E-state index is -0.462. The lowest BCUT2D eigenvalue weighted by molar-refractivity contribution is -0.484. The average Bonchev–Trinajstić information content (AvgIpc) is 2.60. The second-order valence-corrected chi connectivity index (χ2v) is 6.36. The summed E-state index contributed by atoms with van der Waals surface area (Å²) in [5, 5.41) is 14.8. The molecule has 0 spiro atoms. The van der Waals surface area contributed by atoms with Gasteiger partial charge in [0.25, 0.3) is 17.4 Å². The van der Waals surface area contributed by atoms with Gasteiger partial charge in [-0.3, -0.25) is 10.1 Å². The fraction of sp³-hybridized carbons (Fsp3) is 0.333. The highest BCUT2D eigenvalue weighted by Gasteiger charge is 2.43. The van der Waals surface area contributed by atoms with Crippen LogP contribution >= 0.6 is 0 Å². The number of nitrogens with zero attached hydrogens (tertiary/aromatic N) is 3. The van der Waals surface area contributed by atoms with E-state index in [0.717, 1.165) is 23.3 Å². The molecule has 7 heteroatoms. The normalized spacial score (nSPS) is 18.4. The fourth-order valence-electron chi connectivity index (χ4n) is 3.18. The highest BCUT2D eigenvalue weighted by Crippen LogP contribution is 2.42. The van der Waals surface area contributed by atoms with Gasteiger partial charge in [-0.05, 0) is 45.3 Å². The molecule has 7 nitrogen and oxygen atoms in total. The molecule has 1 unspecified atom stereocenters. The summed E-state index contributed by atoms with van der Waals surface area (Å²) in [6.07, 6.45) is 8.23. The Morgan fingerprint density at radius 1 is 1.32 bits per heavy atom. The third-order valence-electron chi connectivity index (χ3n) is 4.33. The first kappa shape index (κ1) is 17.0.